The van der Waals surface area contributed by atoms with Crippen LogP contribution in [0.1, 0.15) is 0 Å². The molecule has 4 unspecified atom stereocenters. The summed E-state index contributed by atoms with van der Waals surface area (Å²) in [4.78, 5) is 19.3. The van der Waals surface area contributed by atoms with Gasteiger partial charge in [0.25, 0.3) is 0 Å². The maximum Gasteiger partial charge on any atom is 0.236 e. The summed E-state index contributed by atoms with van der Waals surface area (Å²) in [6.45, 7) is 0. The average molecular weight is 453 g/mol. The zero-order chi connectivity index (χ0) is 15.2. The molecule has 0 fully saturated rings. The first-order valence-electron chi connectivity index (χ1n) is 5.04. The van der Waals surface area contributed by atoms with E-state index in [1.165, 1.54) is 0 Å². The zero-order valence-electron chi connectivity index (χ0n) is 9.53. The summed E-state index contributed by atoms with van der Waals surface area (Å²) in [5.74, 6) is -2.88. The SMILES string of the molecule is OP(O)(Cl)=S(CC(Cl)C(Cl)CCl)CC(Cl)C(Cl)CCl. The molecule has 0 aromatic rings. The van der Waals surface area contributed by atoms with E-state index in [0.29, 0.717) is 0 Å². The molecule has 0 aliphatic rings. The Morgan fingerprint density at radius 1 is 0.789 bits per heavy atom. The van der Waals surface area contributed by atoms with Crippen LogP contribution in [0.2, 0.25) is 0 Å². The van der Waals surface area contributed by atoms with Crippen molar-refractivity contribution in [2.75, 3.05) is 23.3 Å². The second-order valence-corrected chi connectivity index (χ2v) is 14.1. The van der Waals surface area contributed by atoms with Crippen LogP contribution in [-0.2, 0) is 10.1 Å². The Labute approximate surface area is 150 Å². The molecular weight excluding hydrogens is 439 g/mol. The van der Waals surface area contributed by atoms with E-state index in [-0.39, 0.29) is 23.3 Å². The highest BCUT2D eigenvalue weighted by Gasteiger charge is 2.26. The van der Waals surface area contributed by atoms with Crippen LogP contribution in [0.15, 0.2) is 0 Å². The monoisotopic (exact) mass is 450 g/mol. The molecule has 0 saturated carbocycles. The summed E-state index contributed by atoms with van der Waals surface area (Å²) >= 11 is 40.8. The minimum atomic E-state index is -3.61. The molecule has 0 saturated heterocycles. The number of halogens is 7. The van der Waals surface area contributed by atoms with Crippen LogP contribution in [0.3, 0.4) is 0 Å². The van der Waals surface area contributed by atoms with Gasteiger partial charge in [-0.05, 0) is 11.2 Å². The third-order valence-corrected chi connectivity index (χ3v) is 12.3. The second-order valence-electron chi connectivity index (χ2n) is 3.64. The summed E-state index contributed by atoms with van der Waals surface area (Å²) < 4.78 is 0. The van der Waals surface area contributed by atoms with E-state index in [1.807, 2.05) is 0 Å². The number of hydrogen-bond acceptors (Lipinski definition) is 0. The summed E-state index contributed by atoms with van der Waals surface area (Å²) in [6.07, 6.45) is 0. The highest BCUT2D eigenvalue weighted by molar-refractivity contribution is 8.37. The Morgan fingerprint density at radius 2 is 1.11 bits per heavy atom. The Bertz CT molecular complexity index is 298. The van der Waals surface area contributed by atoms with Gasteiger partial charge in [0.15, 0.2) is 0 Å². The van der Waals surface area contributed by atoms with E-state index in [2.05, 4.69) is 0 Å². The molecule has 0 aliphatic heterocycles. The van der Waals surface area contributed by atoms with E-state index in [9.17, 15) is 9.79 Å². The van der Waals surface area contributed by atoms with E-state index >= 15 is 0 Å². The second kappa shape index (κ2) is 10.5. The van der Waals surface area contributed by atoms with Crippen LogP contribution in [0.4, 0.5) is 0 Å². The van der Waals surface area contributed by atoms with Gasteiger partial charge in [-0.15, -0.1) is 79.7 Å². The van der Waals surface area contributed by atoms with Crippen molar-refractivity contribution in [1.29, 1.82) is 0 Å². The fourth-order valence-electron chi connectivity index (χ4n) is 1.03. The first-order chi connectivity index (χ1) is 8.63. The van der Waals surface area contributed by atoms with Crippen LogP contribution < -0.4 is 0 Å². The maximum absolute atomic E-state index is 9.66. The summed E-state index contributed by atoms with van der Waals surface area (Å²) in [7, 11) is -1.01. The highest BCUT2D eigenvalue weighted by atomic mass is 35.7. The molecule has 0 aromatic carbocycles. The van der Waals surface area contributed by atoms with Crippen molar-refractivity contribution in [3.8, 4) is 0 Å². The molecule has 0 spiro atoms. The first-order valence-corrected chi connectivity index (χ1v) is 12.6. The quantitative estimate of drug-likeness (QED) is 0.422. The molecule has 2 N–H and O–H groups in total. The molecule has 0 rings (SSSR count). The minimum Gasteiger partial charge on any atom is -0.338 e. The molecule has 4 atom stereocenters. The van der Waals surface area contributed by atoms with Crippen LogP contribution >= 0.6 is 86.7 Å². The van der Waals surface area contributed by atoms with Crippen LogP contribution in [-0.4, -0.2) is 54.6 Å². The van der Waals surface area contributed by atoms with Gasteiger partial charge < -0.3 is 9.79 Å². The molecule has 0 bridgehead atoms. The van der Waals surface area contributed by atoms with Gasteiger partial charge >= 0.3 is 0 Å². The largest absolute Gasteiger partial charge is 0.338 e. The fraction of sp³-hybridized carbons (Fsp3) is 1.00. The van der Waals surface area contributed by atoms with Crippen molar-refractivity contribution < 1.29 is 9.79 Å². The van der Waals surface area contributed by atoms with E-state index in [1.54, 1.807) is 0 Å². The van der Waals surface area contributed by atoms with Crippen molar-refractivity contribution >= 4 is 96.8 Å². The molecule has 0 aromatic heterocycles. The molecule has 2 nitrogen and oxygen atoms in total. The average Bonchev–Trinajstić information content (AvgIpc) is 2.34. The third-order valence-electron chi connectivity index (χ3n) is 2.11. The molecule has 0 radical (unpaired) electrons. The maximum atomic E-state index is 9.66. The predicted molar refractivity (Wildman–Crippen MR) is 94.3 cm³/mol. The van der Waals surface area contributed by atoms with Crippen molar-refractivity contribution in [2.24, 2.45) is 0 Å². The van der Waals surface area contributed by atoms with Gasteiger partial charge in [-0.1, -0.05) is 0 Å². The normalized spacial score (nSPS) is 20.7. The van der Waals surface area contributed by atoms with Crippen molar-refractivity contribution in [3.05, 3.63) is 0 Å². The number of hydrogen-bond donors (Lipinski definition) is 2. The molecule has 19 heavy (non-hydrogen) atoms. The Balaban J connectivity index is 4.89. The molecular formula is C8H14Cl7O2PS. The standard InChI is InChI=1S/C8H14Cl7O2PS/c9-1-5(11)7(13)3-19(18(15,16)17)4-8(14)6(12)2-10/h5-8,16-17H,1-4H2. The topological polar surface area (TPSA) is 40.5 Å². The van der Waals surface area contributed by atoms with E-state index < -0.39 is 37.4 Å². The lowest BCUT2D eigenvalue weighted by Gasteiger charge is -2.23. The van der Waals surface area contributed by atoms with Crippen LogP contribution in [0.5, 0.6) is 0 Å². The van der Waals surface area contributed by atoms with E-state index in [4.69, 9.17) is 80.8 Å². The van der Waals surface area contributed by atoms with Gasteiger partial charge in [0.05, 0.1) is 21.5 Å². The molecule has 118 valence electrons. The lowest BCUT2D eigenvalue weighted by molar-refractivity contribution is 0.499. The van der Waals surface area contributed by atoms with Gasteiger partial charge in [-0.25, -0.2) is 0 Å². The van der Waals surface area contributed by atoms with Crippen molar-refractivity contribution in [1.82, 2.24) is 0 Å². The Hall–Kier alpha value is 2.73. The molecule has 0 aliphatic carbocycles. The minimum absolute atomic E-state index is 0.154. The lowest BCUT2D eigenvalue weighted by Crippen LogP contribution is -2.29. The number of alkyl halides is 6. The molecule has 11 heteroatoms. The van der Waals surface area contributed by atoms with Gasteiger partial charge in [0.1, 0.15) is 0 Å². The lowest BCUT2D eigenvalue weighted by atomic mass is 10.3. The van der Waals surface area contributed by atoms with Crippen molar-refractivity contribution in [3.63, 3.8) is 0 Å². The highest BCUT2D eigenvalue weighted by Crippen LogP contribution is 2.48. The molecule has 0 heterocycles. The smallest absolute Gasteiger partial charge is 0.236 e. The predicted octanol–water partition coefficient (Wildman–Crippen LogP) is 4.41. The van der Waals surface area contributed by atoms with Crippen LogP contribution in [0.25, 0.3) is 0 Å². The summed E-state index contributed by atoms with van der Waals surface area (Å²) in [5.41, 5.74) is 0. The van der Waals surface area contributed by atoms with E-state index in [0.717, 1.165) is 0 Å². The Kier molecular flexibility index (Phi) is 12.0. The molecule has 0 amide bonds. The van der Waals surface area contributed by atoms with Crippen LogP contribution in [0, 0.1) is 0 Å². The summed E-state index contributed by atoms with van der Waals surface area (Å²) in [6, 6.07) is 0. The van der Waals surface area contributed by atoms with Gasteiger partial charge in [0, 0.05) is 23.3 Å². The summed E-state index contributed by atoms with van der Waals surface area (Å²) in [5, 5.41) is -2.05. The third kappa shape index (κ3) is 8.81. The zero-order valence-corrected chi connectivity index (χ0v) is 16.5. The Morgan fingerprint density at radius 3 is 1.32 bits per heavy atom. The number of rotatable bonds is 8. The fourth-order valence-corrected chi connectivity index (χ4v) is 8.48. The first kappa shape index (κ1) is 21.7. The van der Waals surface area contributed by atoms with Gasteiger partial charge in [-0.3, -0.25) is 0 Å². The van der Waals surface area contributed by atoms with Gasteiger partial charge in [0.2, 0.25) is 5.84 Å². The van der Waals surface area contributed by atoms with Gasteiger partial charge in [-0.2, -0.15) is 0 Å². The van der Waals surface area contributed by atoms with Crippen molar-refractivity contribution in [2.45, 2.75) is 21.5 Å².